The molecule has 0 radical (unpaired) electrons. The smallest absolute Gasteiger partial charge is 0.0487 e. The van der Waals surface area contributed by atoms with Crippen molar-refractivity contribution in [1.82, 2.24) is 10.2 Å². The third-order valence-corrected chi connectivity index (χ3v) is 0.406. The first-order valence-corrected chi connectivity index (χ1v) is 4.44. The number of nitrogens with zero attached hydrogens (tertiary/aromatic N) is 1. The summed E-state index contributed by atoms with van der Waals surface area (Å²) in [6.45, 7) is 12.0. The highest BCUT2D eigenvalue weighted by Gasteiger charge is 1.56. The Bertz CT molecular complexity index is 64.0. The van der Waals surface area contributed by atoms with E-state index in [1.54, 1.807) is 12.4 Å². The van der Waals surface area contributed by atoms with E-state index in [0.29, 0.717) is 0 Å². The van der Waals surface area contributed by atoms with Crippen LogP contribution in [0.4, 0.5) is 0 Å². The Labute approximate surface area is 71.0 Å². The number of hydrogen-bond acceptors (Lipinski definition) is 1. The molecule has 0 bridgehead atoms. The molecular weight excluding hydrogens is 136 g/mol. The largest absolute Gasteiger partial charge is 0.286 e. The van der Waals surface area contributed by atoms with Crippen LogP contribution in [0.1, 0.15) is 41.5 Å². The summed E-state index contributed by atoms with van der Waals surface area (Å²) in [5.74, 6) is 0. The average molecular weight is 158 g/mol. The van der Waals surface area contributed by atoms with E-state index in [-0.39, 0.29) is 0 Å². The van der Waals surface area contributed by atoms with Gasteiger partial charge in [-0.2, -0.15) is 5.10 Å². The average Bonchev–Trinajstić information content (AvgIpc) is 2.71. The predicted molar refractivity (Wildman–Crippen MR) is 52.6 cm³/mol. The summed E-state index contributed by atoms with van der Waals surface area (Å²) in [5.41, 5.74) is 0. The maximum Gasteiger partial charge on any atom is 0.0487 e. The molecule has 1 aromatic heterocycles. The molecule has 0 fully saturated rings. The van der Waals surface area contributed by atoms with Gasteiger partial charge in [0, 0.05) is 12.4 Å². The lowest BCUT2D eigenvalue weighted by Crippen LogP contribution is -1.53. The Morgan fingerprint density at radius 3 is 1.45 bits per heavy atom. The Kier molecular flexibility index (Phi) is 53.0. The molecule has 68 valence electrons. The lowest BCUT2D eigenvalue weighted by Gasteiger charge is -1.49. The zero-order valence-corrected chi connectivity index (χ0v) is 8.68. The molecule has 0 aromatic carbocycles. The molecule has 0 unspecified atom stereocenters. The van der Waals surface area contributed by atoms with Crippen LogP contribution in [0.5, 0.6) is 0 Å². The quantitative estimate of drug-likeness (QED) is 0.615. The van der Waals surface area contributed by atoms with Crippen LogP contribution in [-0.2, 0) is 0 Å². The molecule has 0 saturated carbocycles. The van der Waals surface area contributed by atoms with Gasteiger partial charge in [-0.05, 0) is 6.07 Å². The van der Waals surface area contributed by atoms with Gasteiger partial charge in [-0.1, -0.05) is 41.5 Å². The molecule has 1 N–H and O–H groups in total. The highest BCUT2D eigenvalue weighted by atomic mass is 15.1. The van der Waals surface area contributed by atoms with Crippen molar-refractivity contribution in [3.05, 3.63) is 18.5 Å². The van der Waals surface area contributed by atoms with Gasteiger partial charge in [0.25, 0.3) is 0 Å². The number of rotatable bonds is 0. The first kappa shape index (κ1) is 16.7. The monoisotopic (exact) mass is 158 g/mol. The van der Waals surface area contributed by atoms with Crippen LogP contribution in [0.2, 0.25) is 0 Å². The fraction of sp³-hybridized carbons (Fsp3) is 0.667. The molecular formula is C9H22N2. The van der Waals surface area contributed by atoms with Gasteiger partial charge in [-0.15, -0.1) is 0 Å². The minimum absolute atomic E-state index is 1.69. The van der Waals surface area contributed by atoms with Crippen LogP contribution in [0, 0.1) is 0 Å². The Morgan fingerprint density at radius 1 is 0.909 bits per heavy atom. The van der Waals surface area contributed by atoms with Crippen LogP contribution in [0.15, 0.2) is 18.5 Å². The maximum atomic E-state index is 3.60. The standard InChI is InChI=1S/C3H4N2.3C2H6/c1-2-4-5-3-1;3*1-2/h1-3H,(H,4,5);3*1-2H3. The van der Waals surface area contributed by atoms with Crippen LogP contribution in [0.25, 0.3) is 0 Å². The molecule has 1 rings (SSSR count). The van der Waals surface area contributed by atoms with Gasteiger partial charge in [0.2, 0.25) is 0 Å². The fourth-order valence-corrected chi connectivity index (χ4v) is 0.215. The summed E-state index contributed by atoms with van der Waals surface area (Å²) in [6.07, 6.45) is 3.46. The molecule has 2 nitrogen and oxygen atoms in total. The fourth-order valence-electron chi connectivity index (χ4n) is 0.215. The first-order chi connectivity index (χ1) is 5.50. The van der Waals surface area contributed by atoms with Crippen LogP contribution < -0.4 is 0 Å². The molecule has 1 aromatic rings. The van der Waals surface area contributed by atoms with E-state index >= 15 is 0 Å². The van der Waals surface area contributed by atoms with Crippen molar-refractivity contribution in [3.8, 4) is 0 Å². The lowest BCUT2D eigenvalue weighted by molar-refractivity contribution is 1.09. The van der Waals surface area contributed by atoms with Crippen molar-refractivity contribution >= 4 is 0 Å². The number of aromatic nitrogens is 2. The summed E-state index contributed by atoms with van der Waals surface area (Å²) in [5, 5.41) is 6.21. The van der Waals surface area contributed by atoms with Crippen molar-refractivity contribution in [2.24, 2.45) is 0 Å². The molecule has 0 atom stereocenters. The summed E-state index contributed by atoms with van der Waals surface area (Å²) < 4.78 is 0. The lowest BCUT2D eigenvalue weighted by atomic mass is 10.8. The minimum Gasteiger partial charge on any atom is -0.286 e. The topological polar surface area (TPSA) is 28.7 Å². The van der Waals surface area contributed by atoms with E-state index < -0.39 is 0 Å². The third kappa shape index (κ3) is 27.0. The van der Waals surface area contributed by atoms with E-state index in [1.807, 2.05) is 47.6 Å². The highest BCUT2D eigenvalue weighted by molar-refractivity contribution is 4.72. The summed E-state index contributed by atoms with van der Waals surface area (Å²) in [6, 6.07) is 1.83. The number of nitrogens with one attached hydrogen (secondary N) is 1. The predicted octanol–water partition coefficient (Wildman–Crippen LogP) is 3.49. The molecule has 0 aliphatic rings. The van der Waals surface area contributed by atoms with E-state index in [4.69, 9.17) is 0 Å². The second-order valence-electron chi connectivity index (χ2n) is 0.766. The molecule has 0 amide bonds. The molecule has 0 aliphatic carbocycles. The third-order valence-electron chi connectivity index (χ3n) is 0.406. The summed E-state index contributed by atoms with van der Waals surface area (Å²) in [4.78, 5) is 0. The summed E-state index contributed by atoms with van der Waals surface area (Å²) in [7, 11) is 0. The molecule has 0 aliphatic heterocycles. The van der Waals surface area contributed by atoms with Crippen LogP contribution >= 0.6 is 0 Å². The number of hydrogen-bond donors (Lipinski definition) is 1. The second-order valence-corrected chi connectivity index (χ2v) is 0.766. The first-order valence-electron chi connectivity index (χ1n) is 4.44. The molecule has 0 saturated heterocycles. The van der Waals surface area contributed by atoms with Crippen molar-refractivity contribution < 1.29 is 0 Å². The van der Waals surface area contributed by atoms with Gasteiger partial charge in [-0.3, -0.25) is 5.10 Å². The van der Waals surface area contributed by atoms with E-state index in [0.717, 1.165) is 0 Å². The van der Waals surface area contributed by atoms with Gasteiger partial charge < -0.3 is 0 Å². The number of aromatic amines is 1. The molecule has 2 heteroatoms. The van der Waals surface area contributed by atoms with Crippen LogP contribution in [0.3, 0.4) is 0 Å². The molecule has 0 spiro atoms. The normalized spacial score (nSPS) is 5.27. The van der Waals surface area contributed by atoms with Gasteiger partial charge in [0.15, 0.2) is 0 Å². The van der Waals surface area contributed by atoms with E-state index in [1.165, 1.54) is 0 Å². The van der Waals surface area contributed by atoms with Crippen molar-refractivity contribution in [2.75, 3.05) is 0 Å². The van der Waals surface area contributed by atoms with Gasteiger partial charge in [0.05, 0.1) is 0 Å². The van der Waals surface area contributed by atoms with Crippen molar-refractivity contribution in [1.29, 1.82) is 0 Å². The van der Waals surface area contributed by atoms with Crippen molar-refractivity contribution in [2.45, 2.75) is 41.5 Å². The van der Waals surface area contributed by atoms with Gasteiger partial charge >= 0.3 is 0 Å². The van der Waals surface area contributed by atoms with Gasteiger partial charge in [0.1, 0.15) is 0 Å². The zero-order valence-electron chi connectivity index (χ0n) is 8.68. The molecule has 11 heavy (non-hydrogen) atoms. The summed E-state index contributed by atoms with van der Waals surface area (Å²) >= 11 is 0. The Balaban J connectivity index is -0.0000000933. The Hall–Kier alpha value is -0.790. The Morgan fingerprint density at radius 2 is 1.36 bits per heavy atom. The number of H-pyrrole nitrogens is 1. The maximum absolute atomic E-state index is 3.60. The van der Waals surface area contributed by atoms with Gasteiger partial charge in [-0.25, -0.2) is 0 Å². The van der Waals surface area contributed by atoms with E-state index in [9.17, 15) is 0 Å². The highest BCUT2D eigenvalue weighted by Crippen LogP contribution is 1.64. The zero-order chi connectivity index (χ0) is 9.54. The minimum atomic E-state index is 1.69. The van der Waals surface area contributed by atoms with Crippen LogP contribution in [-0.4, -0.2) is 10.2 Å². The second kappa shape index (κ2) is 35.0. The van der Waals surface area contributed by atoms with E-state index in [2.05, 4.69) is 10.2 Å². The SMILES string of the molecule is CC.CC.CC.c1cn[nH]c1. The molecule has 1 heterocycles. The van der Waals surface area contributed by atoms with Crippen molar-refractivity contribution in [3.63, 3.8) is 0 Å².